The highest BCUT2D eigenvalue weighted by Gasteiger charge is 2.15. The van der Waals surface area contributed by atoms with Gasteiger partial charge in [-0.15, -0.1) is 0 Å². The van der Waals surface area contributed by atoms with Crippen LogP contribution in [0.4, 0.5) is 0 Å². The summed E-state index contributed by atoms with van der Waals surface area (Å²) in [6.45, 7) is 0. The molecule has 2 aromatic carbocycles. The smallest absolute Gasteiger partial charge is 0.127 e. The van der Waals surface area contributed by atoms with Gasteiger partial charge in [0.25, 0.3) is 0 Å². The standard InChI is InChI=1S/C16H17O/c1-2-9-14(10-3-1)17-16-12-6-8-13-7-4-5-11-15(13)16/h4-7,11-12,14H,1-3,9-10H2. The Morgan fingerprint density at radius 3 is 2.71 bits per heavy atom. The maximum Gasteiger partial charge on any atom is 0.127 e. The van der Waals surface area contributed by atoms with Crippen LogP contribution in [0.2, 0.25) is 0 Å². The van der Waals surface area contributed by atoms with Gasteiger partial charge in [-0.05, 0) is 43.2 Å². The van der Waals surface area contributed by atoms with E-state index in [0.717, 1.165) is 11.1 Å². The van der Waals surface area contributed by atoms with Gasteiger partial charge in [-0.3, -0.25) is 0 Å². The van der Waals surface area contributed by atoms with Crippen LogP contribution in [0.3, 0.4) is 0 Å². The summed E-state index contributed by atoms with van der Waals surface area (Å²) in [6, 6.07) is 15.6. The van der Waals surface area contributed by atoms with Crippen molar-refractivity contribution in [1.82, 2.24) is 0 Å². The van der Waals surface area contributed by atoms with E-state index in [2.05, 4.69) is 24.3 Å². The van der Waals surface area contributed by atoms with Crippen molar-refractivity contribution in [2.75, 3.05) is 0 Å². The molecule has 1 saturated carbocycles. The van der Waals surface area contributed by atoms with E-state index in [1.54, 1.807) is 0 Å². The lowest BCUT2D eigenvalue weighted by Gasteiger charge is -2.23. The summed E-state index contributed by atoms with van der Waals surface area (Å²) < 4.78 is 6.15. The summed E-state index contributed by atoms with van der Waals surface area (Å²) in [5.74, 6) is 1.02. The molecule has 0 bridgehead atoms. The van der Waals surface area contributed by atoms with E-state index in [4.69, 9.17) is 4.74 Å². The Labute approximate surface area is 102 Å². The van der Waals surface area contributed by atoms with Gasteiger partial charge >= 0.3 is 0 Å². The van der Waals surface area contributed by atoms with Crippen LogP contribution in [0, 0.1) is 6.07 Å². The van der Waals surface area contributed by atoms with Gasteiger partial charge in [0.05, 0.1) is 6.10 Å². The minimum absolute atomic E-state index is 0.412. The molecule has 2 aromatic rings. The van der Waals surface area contributed by atoms with E-state index < -0.39 is 0 Å². The minimum atomic E-state index is 0.412. The third-order valence-corrected chi connectivity index (χ3v) is 3.51. The number of benzene rings is 2. The molecule has 1 aliphatic rings. The van der Waals surface area contributed by atoms with E-state index >= 15 is 0 Å². The van der Waals surface area contributed by atoms with Gasteiger partial charge in [0.1, 0.15) is 5.75 Å². The highest BCUT2D eigenvalue weighted by Crippen LogP contribution is 2.29. The molecule has 0 unspecified atom stereocenters. The average Bonchev–Trinajstić information content (AvgIpc) is 2.40. The second-order valence-corrected chi connectivity index (χ2v) is 4.77. The lowest BCUT2D eigenvalue weighted by atomic mass is 9.97. The van der Waals surface area contributed by atoms with Crippen molar-refractivity contribution < 1.29 is 4.74 Å². The summed E-state index contributed by atoms with van der Waals surface area (Å²) in [7, 11) is 0. The van der Waals surface area contributed by atoms with Crippen LogP contribution in [0.1, 0.15) is 32.1 Å². The molecule has 0 atom stereocenters. The fourth-order valence-corrected chi connectivity index (χ4v) is 2.59. The molecule has 1 heteroatoms. The SMILES string of the molecule is [c]1ccc(OC2CCCCC2)c2ccccc12. The minimum Gasteiger partial charge on any atom is -0.490 e. The molecule has 1 fully saturated rings. The first kappa shape index (κ1) is 10.6. The van der Waals surface area contributed by atoms with Crippen LogP contribution in [0.25, 0.3) is 10.8 Å². The molecular formula is C16H17O. The van der Waals surface area contributed by atoms with Crippen molar-refractivity contribution in [2.45, 2.75) is 38.2 Å². The fourth-order valence-electron chi connectivity index (χ4n) is 2.59. The molecule has 0 N–H and O–H groups in total. The largest absolute Gasteiger partial charge is 0.490 e. The van der Waals surface area contributed by atoms with Gasteiger partial charge in [-0.25, -0.2) is 0 Å². The molecule has 1 aliphatic carbocycles. The summed E-state index contributed by atoms with van der Waals surface area (Å²) in [5.41, 5.74) is 0. The first-order valence-electron chi connectivity index (χ1n) is 6.49. The second-order valence-electron chi connectivity index (χ2n) is 4.77. The first-order chi connectivity index (χ1) is 8.43. The molecule has 0 aliphatic heterocycles. The van der Waals surface area contributed by atoms with Crippen LogP contribution >= 0.6 is 0 Å². The Bertz CT molecular complexity index is 492. The zero-order chi connectivity index (χ0) is 11.5. The van der Waals surface area contributed by atoms with Crippen molar-refractivity contribution in [2.24, 2.45) is 0 Å². The molecule has 17 heavy (non-hydrogen) atoms. The summed E-state index contributed by atoms with van der Waals surface area (Å²) >= 11 is 0. The molecule has 1 radical (unpaired) electrons. The lowest BCUT2D eigenvalue weighted by Crippen LogP contribution is -2.19. The molecule has 1 nitrogen and oxygen atoms in total. The van der Waals surface area contributed by atoms with Crippen LogP contribution in [-0.4, -0.2) is 6.10 Å². The van der Waals surface area contributed by atoms with E-state index in [-0.39, 0.29) is 0 Å². The summed E-state index contributed by atoms with van der Waals surface area (Å²) in [6.07, 6.45) is 6.79. The van der Waals surface area contributed by atoms with Crippen LogP contribution in [0.5, 0.6) is 5.75 Å². The average molecular weight is 225 g/mol. The summed E-state index contributed by atoms with van der Waals surface area (Å²) in [5, 5.41) is 2.32. The van der Waals surface area contributed by atoms with E-state index in [0.29, 0.717) is 6.10 Å². The molecule has 0 spiro atoms. The zero-order valence-corrected chi connectivity index (χ0v) is 9.99. The van der Waals surface area contributed by atoms with E-state index in [1.165, 1.54) is 37.5 Å². The zero-order valence-electron chi connectivity index (χ0n) is 9.99. The first-order valence-corrected chi connectivity index (χ1v) is 6.49. The van der Waals surface area contributed by atoms with Gasteiger partial charge in [0, 0.05) is 5.39 Å². The lowest BCUT2D eigenvalue weighted by molar-refractivity contribution is 0.157. The third kappa shape index (κ3) is 2.28. The maximum atomic E-state index is 6.15. The molecular weight excluding hydrogens is 208 g/mol. The third-order valence-electron chi connectivity index (χ3n) is 3.51. The van der Waals surface area contributed by atoms with Crippen molar-refractivity contribution in [3.63, 3.8) is 0 Å². The highest BCUT2D eigenvalue weighted by molar-refractivity contribution is 5.87. The predicted molar refractivity (Wildman–Crippen MR) is 70.3 cm³/mol. The Morgan fingerprint density at radius 2 is 1.82 bits per heavy atom. The quantitative estimate of drug-likeness (QED) is 0.738. The van der Waals surface area contributed by atoms with Crippen LogP contribution in [-0.2, 0) is 0 Å². The number of fused-ring (bicyclic) bond motifs is 1. The Kier molecular flexibility index (Phi) is 3.00. The van der Waals surface area contributed by atoms with Crippen LogP contribution in [0.15, 0.2) is 36.4 Å². The van der Waals surface area contributed by atoms with Crippen molar-refractivity contribution in [1.29, 1.82) is 0 Å². The molecule has 0 aromatic heterocycles. The van der Waals surface area contributed by atoms with E-state index in [9.17, 15) is 0 Å². The Balaban J connectivity index is 1.89. The van der Waals surface area contributed by atoms with Gasteiger partial charge < -0.3 is 4.74 Å². The molecule has 0 heterocycles. The second kappa shape index (κ2) is 4.79. The molecule has 3 rings (SSSR count). The van der Waals surface area contributed by atoms with Crippen molar-refractivity contribution >= 4 is 10.8 Å². The number of hydrogen-bond acceptors (Lipinski definition) is 1. The summed E-state index contributed by atoms with van der Waals surface area (Å²) in [4.78, 5) is 0. The highest BCUT2D eigenvalue weighted by atomic mass is 16.5. The normalized spacial score (nSPS) is 17.2. The molecule has 87 valence electrons. The fraction of sp³-hybridized carbons (Fsp3) is 0.375. The monoisotopic (exact) mass is 225 g/mol. The Hall–Kier alpha value is -1.50. The molecule has 0 amide bonds. The maximum absolute atomic E-state index is 6.15. The Morgan fingerprint density at radius 1 is 1.00 bits per heavy atom. The van der Waals surface area contributed by atoms with Gasteiger partial charge in [0.15, 0.2) is 0 Å². The number of hydrogen-bond donors (Lipinski definition) is 0. The van der Waals surface area contributed by atoms with Crippen molar-refractivity contribution in [3.8, 4) is 5.75 Å². The molecule has 0 saturated heterocycles. The number of ether oxygens (including phenoxy) is 1. The van der Waals surface area contributed by atoms with Gasteiger partial charge in [-0.1, -0.05) is 36.8 Å². The van der Waals surface area contributed by atoms with Crippen LogP contribution < -0.4 is 4.74 Å². The van der Waals surface area contributed by atoms with Crippen molar-refractivity contribution in [3.05, 3.63) is 42.5 Å². The number of rotatable bonds is 2. The predicted octanol–water partition coefficient (Wildman–Crippen LogP) is 4.35. The van der Waals surface area contributed by atoms with E-state index in [1.807, 2.05) is 18.2 Å². The van der Waals surface area contributed by atoms with Gasteiger partial charge in [0.2, 0.25) is 0 Å². The van der Waals surface area contributed by atoms with Gasteiger partial charge in [-0.2, -0.15) is 0 Å². The topological polar surface area (TPSA) is 9.23 Å².